The van der Waals surface area contributed by atoms with E-state index in [1.165, 1.54) is 13.8 Å². The van der Waals surface area contributed by atoms with Crippen LogP contribution in [0.4, 0.5) is 0 Å². The number of nitrogens with two attached hydrogens (primary N) is 1. The molecule has 0 aromatic rings. The molecule has 4 N–H and O–H groups in total. The van der Waals surface area contributed by atoms with Gasteiger partial charge in [-0.2, -0.15) is 0 Å². The molecular weight excluding hydrogens is 200 g/mol. The van der Waals surface area contributed by atoms with Crippen LogP contribution in [0.15, 0.2) is 0 Å². The topological polar surface area (TPSA) is 109 Å². The van der Waals surface area contributed by atoms with E-state index < -0.39 is 23.8 Å². The van der Waals surface area contributed by atoms with E-state index in [1.54, 1.807) is 0 Å². The second-order valence-electron chi connectivity index (χ2n) is 3.41. The third-order valence-corrected chi connectivity index (χ3v) is 1.97. The Morgan fingerprint density at radius 3 is 2.27 bits per heavy atom. The van der Waals surface area contributed by atoms with Crippen molar-refractivity contribution in [1.82, 2.24) is 5.32 Å². The molecule has 0 bridgehead atoms. The second kappa shape index (κ2) is 6.13. The van der Waals surface area contributed by atoms with Gasteiger partial charge in [-0.3, -0.25) is 14.4 Å². The van der Waals surface area contributed by atoms with Gasteiger partial charge >= 0.3 is 5.97 Å². The van der Waals surface area contributed by atoms with Crippen molar-refractivity contribution in [3.8, 4) is 0 Å². The summed E-state index contributed by atoms with van der Waals surface area (Å²) in [5.74, 6) is -2.43. The van der Waals surface area contributed by atoms with Gasteiger partial charge in [0.25, 0.3) is 0 Å². The SMILES string of the molecule is CC(=O)[C@@H](CN)NC(=O)C(C)CC(=O)O. The fourth-order valence-corrected chi connectivity index (χ4v) is 0.995. The average Bonchev–Trinajstić information content (AvgIpc) is 2.11. The van der Waals surface area contributed by atoms with Gasteiger partial charge in [-0.15, -0.1) is 0 Å². The first-order chi connectivity index (χ1) is 6.88. The van der Waals surface area contributed by atoms with E-state index in [0.717, 1.165) is 0 Å². The summed E-state index contributed by atoms with van der Waals surface area (Å²) >= 11 is 0. The van der Waals surface area contributed by atoms with Crippen LogP contribution in [0.1, 0.15) is 20.3 Å². The van der Waals surface area contributed by atoms with Crippen LogP contribution in [-0.4, -0.2) is 35.4 Å². The molecule has 1 unspecified atom stereocenters. The van der Waals surface area contributed by atoms with Crippen LogP contribution in [0.2, 0.25) is 0 Å². The van der Waals surface area contributed by atoms with Crippen molar-refractivity contribution in [3.63, 3.8) is 0 Å². The Bertz CT molecular complexity index is 265. The number of nitrogens with one attached hydrogen (secondary N) is 1. The molecule has 1 amide bonds. The summed E-state index contributed by atoms with van der Waals surface area (Å²) in [5.41, 5.74) is 5.27. The van der Waals surface area contributed by atoms with Crippen molar-refractivity contribution in [2.75, 3.05) is 6.54 Å². The van der Waals surface area contributed by atoms with Crippen LogP contribution >= 0.6 is 0 Å². The number of rotatable bonds is 6. The number of ketones is 1. The van der Waals surface area contributed by atoms with Crippen molar-refractivity contribution < 1.29 is 19.5 Å². The van der Waals surface area contributed by atoms with Crippen molar-refractivity contribution in [1.29, 1.82) is 0 Å². The second-order valence-corrected chi connectivity index (χ2v) is 3.41. The van der Waals surface area contributed by atoms with E-state index in [9.17, 15) is 14.4 Å². The van der Waals surface area contributed by atoms with Crippen LogP contribution in [0.25, 0.3) is 0 Å². The summed E-state index contributed by atoms with van der Waals surface area (Å²) in [5, 5.41) is 10.9. The number of carbonyl (C=O) groups excluding carboxylic acids is 2. The molecule has 0 heterocycles. The lowest BCUT2D eigenvalue weighted by atomic mass is 10.1. The number of carboxylic acids is 1. The molecule has 2 atom stereocenters. The largest absolute Gasteiger partial charge is 0.481 e. The number of aliphatic carboxylic acids is 1. The highest BCUT2D eigenvalue weighted by molar-refractivity contribution is 5.89. The molecule has 0 spiro atoms. The van der Waals surface area contributed by atoms with Crippen LogP contribution in [0.3, 0.4) is 0 Å². The average molecular weight is 216 g/mol. The van der Waals surface area contributed by atoms with Crippen molar-refractivity contribution in [3.05, 3.63) is 0 Å². The van der Waals surface area contributed by atoms with Crippen molar-refractivity contribution >= 4 is 17.7 Å². The fraction of sp³-hybridized carbons (Fsp3) is 0.667. The van der Waals surface area contributed by atoms with Gasteiger partial charge in [0.05, 0.1) is 12.5 Å². The van der Waals surface area contributed by atoms with E-state index in [-0.39, 0.29) is 18.7 Å². The molecule has 0 fully saturated rings. The molecule has 6 nitrogen and oxygen atoms in total. The minimum atomic E-state index is -1.05. The lowest BCUT2D eigenvalue weighted by Gasteiger charge is -2.16. The maximum atomic E-state index is 11.4. The summed E-state index contributed by atoms with van der Waals surface area (Å²) < 4.78 is 0. The number of carboxylic acid groups (broad SMARTS) is 1. The summed E-state index contributed by atoms with van der Waals surface area (Å²) in [4.78, 5) is 32.6. The van der Waals surface area contributed by atoms with Gasteiger partial charge in [0.15, 0.2) is 5.78 Å². The highest BCUT2D eigenvalue weighted by Crippen LogP contribution is 2.02. The molecule has 0 radical (unpaired) electrons. The van der Waals surface area contributed by atoms with Crippen LogP contribution < -0.4 is 11.1 Å². The Kier molecular flexibility index (Phi) is 5.54. The van der Waals surface area contributed by atoms with Gasteiger partial charge < -0.3 is 16.2 Å². The zero-order valence-electron chi connectivity index (χ0n) is 8.82. The molecule has 86 valence electrons. The molecular formula is C9H16N2O4. The Morgan fingerprint density at radius 2 is 1.93 bits per heavy atom. The number of amides is 1. The van der Waals surface area contributed by atoms with E-state index in [4.69, 9.17) is 10.8 Å². The molecule has 0 aliphatic rings. The first kappa shape index (κ1) is 13.6. The number of hydrogen-bond donors (Lipinski definition) is 3. The number of Topliss-reactive ketones (excluding diaryl/α,β-unsaturated/α-hetero) is 1. The third kappa shape index (κ3) is 5.11. The highest BCUT2D eigenvalue weighted by Gasteiger charge is 2.21. The van der Waals surface area contributed by atoms with Gasteiger partial charge in [-0.25, -0.2) is 0 Å². The van der Waals surface area contributed by atoms with E-state index in [1.807, 2.05) is 0 Å². The van der Waals surface area contributed by atoms with Gasteiger partial charge in [0.2, 0.25) is 5.91 Å². The minimum Gasteiger partial charge on any atom is -0.481 e. The molecule has 0 saturated heterocycles. The lowest BCUT2D eigenvalue weighted by molar-refractivity contribution is -0.141. The van der Waals surface area contributed by atoms with E-state index >= 15 is 0 Å². The predicted octanol–water partition coefficient (Wildman–Crippen LogP) is -0.870. The molecule has 0 rings (SSSR count). The van der Waals surface area contributed by atoms with Gasteiger partial charge in [-0.1, -0.05) is 6.92 Å². The third-order valence-electron chi connectivity index (χ3n) is 1.97. The maximum Gasteiger partial charge on any atom is 0.304 e. The quantitative estimate of drug-likeness (QED) is 0.534. The Hall–Kier alpha value is -1.43. The molecule has 15 heavy (non-hydrogen) atoms. The van der Waals surface area contributed by atoms with Crippen LogP contribution in [-0.2, 0) is 14.4 Å². The maximum absolute atomic E-state index is 11.4. The molecule has 0 aliphatic heterocycles. The fourth-order valence-electron chi connectivity index (χ4n) is 0.995. The number of hydrogen-bond acceptors (Lipinski definition) is 4. The van der Waals surface area contributed by atoms with Crippen molar-refractivity contribution in [2.24, 2.45) is 11.7 Å². The molecule has 6 heteroatoms. The summed E-state index contributed by atoms with van der Waals surface area (Å²) in [6.07, 6.45) is -0.263. The smallest absolute Gasteiger partial charge is 0.304 e. The summed E-state index contributed by atoms with van der Waals surface area (Å²) in [6.45, 7) is 2.82. The first-order valence-electron chi connectivity index (χ1n) is 4.61. The lowest BCUT2D eigenvalue weighted by Crippen LogP contribution is -2.46. The zero-order chi connectivity index (χ0) is 12.0. The van der Waals surface area contributed by atoms with Crippen LogP contribution in [0.5, 0.6) is 0 Å². The molecule has 0 aromatic heterocycles. The van der Waals surface area contributed by atoms with Crippen molar-refractivity contribution in [2.45, 2.75) is 26.3 Å². The molecule has 0 aliphatic carbocycles. The molecule has 0 saturated carbocycles. The van der Waals surface area contributed by atoms with E-state index in [2.05, 4.69) is 5.32 Å². The normalized spacial score (nSPS) is 14.1. The highest BCUT2D eigenvalue weighted by atomic mass is 16.4. The monoisotopic (exact) mass is 216 g/mol. The Morgan fingerprint density at radius 1 is 1.40 bits per heavy atom. The van der Waals surface area contributed by atoms with Gasteiger partial charge in [0, 0.05) is 12.5 Å². The summed E-state index contributed by atoms with van der Waals surface area (Å²) in [6, 6.07) is -0.728. The Balaban J connectivity index is 4.21. The minimum absolute atomic E-state index is 0.0147. The van der Waals surface area contributed by atoms with Crippen LogP contribution in [0, 0.1) is 5.92 Å². The molecule has 0 aromatic carbocycles. The van der Waals surface area contributed by atoms with Gasteiger partial charge in [0.1, 0.15) is 0 Å². The zero-order valence-corrected chi connectivity index (χ0v) is 8.82. The first-order valence-corrected chi connectivity index (χ1v) is 4.61. The summed E-state index contributed by atoms with van der Waals surface area (Å²) in [7, 11) is 0. The predicted molar refractivity (Wildman–Crippen MR) is 53.1 cm³/mol. The van der Waals surface area contributed by atoms with E-state index in [0.29, 0.717) is 0 Å². The standard InChI is InChI=1S/C9H16N2O4/c1-5(3-8(13)14)9(15)11-7(4-10)6(2)12/h5,7H,3-4,10H2,1-2H3,(H,11,15)(H,13,14)/t5?,7-/m1/s1. The number of carbonyl (C=O) groups is 3. The van der Waals surface area contributed by atoms with Gasteiger partial charge in [-0.05, 0) is 6.92 Å². The Labute approximate surface area is 87.8 Å².